The van der Waals surface area contributed by atoms with E-state index in [0.717, 1.165) is 11.1 Å². The zero-order valence-electron chi connectivity index (χ0n) is 19.5. The number of hydrogen-bond acceptors (Lipinski definition) is 4. The van der Waals surface area contributed by atoms with Crippen LogP contribution in [0.25, 0.3) is 22.4 Å². The largest absolute Gasteiger partial charge is 0.349 e. The molecule has 1 fully saturated rings. The lowest BCUT2D eigenvalue weighted by atomic mass is 9.98. The maximum absolute atomic E-state index is 13.5. The van der Waals surface area contributed by atoms with Gasteiger partial charge in [0.05, 0.1) is 27.9 Å². The molecule has 0 saturated carbocycles. The SMILES string of the molecule is C[C@@H](NC(=O)[C@H]1CCCN(S(=O)(=O)c2ccc3nc(-c4ccccc4)[nH]c3c2)C1)c1ccccc1. The van der Waals surface area contributed by atoms with Crippen LogP contribution in [0.5, 0.6) is 0 Å². The minimum Gasteiger partial charge on any atom is -0.349 e. The predicted molar refractivity (Wildman–Crippen MR) is 136 cm³/mol. The van der Waals surface area contributed by atoms with Crippen molar-refractivity contribution in [2.24, 2.45) is 5.92 Å². The van der Waals surface area contributed by atoms with Crippen molar-refractivity contribution in [2.45, 2.75) is 30.7 Å². The van der Waals surface area contributed by atoms with E-state index >= 15 is 0 Å². The molecule has 0 bridgehead atoms. The summed E-state index contributed by atoms with van der Waals surface area (Å²) >= 11 is 0. The molecule has 1 amide bonds. The lowest BCUT2D eigenvalue weighted by molar-refractivity contribution is -0.126. The molecule has 0 aliphatic carbocycles. The molecule has 2 atom stereocenters. The average Bonchev–Trinajstić information content (AvgIpc) is 3.33. The topological polar surface area (TPSA) is 95.2 Å². The van der Waals surface area contributed by atoms with Crippen LogP contribution in [0, 0.1) is 5.92 Å². The van der Waals surface area contributed by atoms with Crippen LogP contribution in [0.1, 0.15) is 31.4 Å². The Hall–Kier alpha value is -3.49. The number of fused-ring (bicyclic) bond motifs is 1. The van der Waals surface area contributed by atoms with Crippen LogP contribution in [0.15, 0.2) is 83.8 Å². The summed E-state index contributed by atoms with van der Waals surface area (Å²) in [7, 11) is -3.75. The van der Waals surface area contributed by atoms with Crippen LogP contribution < -0.4 is 5.32 Å². The van der Waals surface area contributed by atoms with Crippen LogP contribution in [0.4, 0.5) is 0 Å². The summed E-state index contributed by atoms with van der Waals surface area (Å²) in [5, 5.41) is 3.05. The fraction of sp³-hybridized carbons (Fsp3) is 0.259. The number of H-pyrrole nitrogens is 1. The Kier molecular flexibility index (Phi) is 6.40. The molecule has 0 unspecified atom stereocenters. The van der Waals surface area contributed by atoms with Gasteiger partial charge in [0, 0.05) is 18.7 Å². The van der Waals surface area contributed by atoms with Crippen molar-refractivity contribution in [2.75, 3.05) is 13.1 Å². The highest BCUT2D eigenvalue weighted by Crippen LogP contribution is 2.28. The number of carbonyl (C=O) groups is 1. The number of rotatable bonds is 6. The average molecular weight is 489 g/mol. The number of piperidine rings is 1. The molecule has 1 aromatic heterocycles. The zero-order chi connectivity index (χ0) is 24.4. The fourth-order valence-corrected chi connectivity index (χ4v) is 6.11. The van der Waals surface area contributed by atoms with Gasteiger partial charge < -0.3 is 10.3 Å². The Morgan fingerprint density at radius 1 is 1.06 bits per heavy atom. The van der Waals surface area contributed by atoms with Gasteiger partial charge in [0.1, 0.15) is 5.82 Å². The summed E-state index contributed by atoms with van der Waals surface area (Å²) in [6.45, 7) is 2.51. The van der Waals surface area contributed by atoms with Gasteiger partial charge in [0.25, 0.3) is 0 Å². The van der Waals surface area contributed by atoms with E-state index in [1.807, 2.05) is 67.6 Å². The number of nitrogens with zero attached hydrogens (tertiary/aromatic N) is 2. The molecular formula is C27H28N4O3S. The van der Waals surface area contributed by atoms with Gasteiger partial charge in [-0.05, 0) is 43.5 Å². The first-order valence-electron chi connectivity index (χ1n) is 11.8. The number of nitrogens with one attached hydrogen (secondary N) is 2. The number of sulfonamides is 1. The smallest absolute Gasteiger partial charge is 0.243 e. The van der Waals surface area contributed by atoms with Crippen molar-refractivity contribution in [3.63, 3.8) is 0 Å². The molecule has 1 saturated heterocycles. The summed E-state index contributed by atoms with van der Waals surface area (Å²) in [6, 6.07) is 24.3. The number of aromatic amines is 1. The molecule has 1 aliphatic heterocycles. The maximum Gasteiger partial charge on any atom is 0.243 e. The van der Waals surface area contributed by atoms with E-state index < -0.39 is 10.0 Å². The van der Waals surface area contributed by atoms with Gasteiger partial charge in [-0.15, -0.1) is 0 Å². The number of carbonyl (C=O) groups excluding carboxylic acids is 1. The quantitative estimate of drug-likeness (QED) is 0.418. The van der Waals surface area contributed by atoms with Crippen molar-refractivity contribution in [3.05, 3.63) is 84.4 Å². The highest BCUT2D eigenvalue weighted by atomic mass is 32.2. The van der Waals surface area contributed by atoms with Gasteiger partial charge in [0.15, 0.2) is 0 Å². The Morgan fingerprint density at radius 3 is 2.51 bits per heavy atom. The lowest BCUT2D eigenvalue weighted by Crippen LogP contribution is -2.45. The van der Waals surface area contributed by atoms with Crippen LogP contribution in [-0.4, -0.2) is 41.7 Å². The standard InChI is InChI=1S/C27H28N4O3S/c1-19(20-9-4-2-5-10-20)28-27(32)22-13-8-16-31(18-22)35(33,34)23-14-15-24-25(17-23)30-26(29-24)21-11-6-3-7-12-21/h2-7,9-12,14-15,17,19,22H,8,13,16,18H2,1H3,(H,28,32)(H,29,30)/t19-,22+/m1/s1. The third-order valence-corrected chi connectivity index (χ3v) is 8.41. The van der Waals surface area contributed by atoms with Crippen LogP contribution in [-0.2, 0) is 14.8 Å². The van der Waals surface area contributed by atoms with E-state index in [-0.39, 0.29) is 29.3 Å². The van der Waals surface area contributed by atoms with Gasteiger partial charge in [-0.25, -0.2) is 13.4 Å². The van der Waals surface area contributed by atoms with E-state index in [2.05, 4.69) is 15.3 Å². The Bertz CT molecular complexity index is 1440. The molecule has 8 heteroatoms. The van der Waals surface area contributed by atoms with Gasteiger partial charge in [-0.1, -0.05) is 60.7 Å². The summed E-state index contributed by atoms with van der Waals surface area (Å²) in [5.41, 5.74) is 3.31. The molecule has 180 valence electrons. The van der Waals surface area contributed by atoms with E-state index in [1.165, 1.54) is 4.31 Å². The molecule has 0 spiro atoms. The third-order valence-electron chi connectivity index (χ3n) is 6.55. The molecule has 2 N–H and O–H groups in total. The number of amides is 1. The second-order valence-electron chi connectivity index (χ2n) is 8.97. The second kappa shape index (κ2) is 9.64. The molecule has 1 aliphatic rings. The monoisotopic (exact) mass is 488 g/mol. The normalized spacial score (nSPS) is 17.8. The Labute approximate surface area is 205 Å². The Balaban J connectivity index is 1.33. The van der Waals surface area contributed by atoms with Crippen molar-refractivity contribution in [3.8, 4) is 11.4 Å². The Morgan fingerprint density at radius 2 is 1.77 bits per heavy atom. The molecular weight excluding hydrogens is 460 g/mol. The molecule has 5 rings (SSSR count). The first kappa shape index (κ1) is 23.3. The molecule has 7 nitrogen and oxygen atoms in total. The lowest BCUT2D eigenvalue weighted by Gasteiger charge is -2.32. The van der Waals surface area contributed by atoms with Crippen LogP contribution >= 0.6 is 0 Å². The molecule has 2 heterocycles. The fourth-order valence-electron chi connectivity index (χ4n) is 4.56. The highest BCUT2D eigenvalue weighted by molar-refractivity contribution is 7.89. The molecule has 3 aromatic carbocycles. The first-order chi connectivity index (χ1) is 16.9. The summed E-state index contributed by atoms with van der Waals surface area (Å²) in [4.78, 5) is 21.0. The number of imidazole rings is 1. The minimum absolute atomic E-state index is 0.113. The van der Waals surface area contributed by atoms with Crippen LogP contribution in [0.2, 0.25) is 0 Å². The zero-order valence-corrected chi connectivity index (χ0v) is 20.3. The molecule has 35 heavy (non-hydrogen) atoms. The summed E-state index contributed by atoms with van der Waals surface area (Å²) in [6.07, 6.45) is 1.31. The third kappa shape index (κ3) is 4.85. The van der Waals surface area contributed by atoms with E-state index in [4.69, 9.17) is 0 Å². The van der Waals surface area contributed by atoms with E-state index in [0.29, 0.717) is 36.2 Å². The minimum atomic E-state index is -3.75. The first-order valence-corrected chi connectivity index (χ1v) is 13.3. The second-order valence-corrected chi connectivity index (χ2v) is 10.9. The summed E-state index contributed by atoms with van der Waals surface area (Å²) in [5.74, 6) is 0.195. The van der Waals surface area contributed by atoms with Crippen molar-refractivity contribution >= 4 is 27.0 Å². The highest BCUT2D eigenvalue weighted by Gasteiger charge is 2.34. The van der Waals surface area contributed by atoms with Gasteiger partial charge >= 0.3 is 0 Å². The van der Waals surface area contributed by atoms with Gasteiger partial charge in [-0.2, -0.15) is 4.31 Å². The van der Waals surface area contributed by atoms with Crippen molar-refractivity contribution in [1.82, 2.24) is 19.6 Å². The maximum atomic E-state index is 13.5. The number of hydrogen-bond donors (Lipinski definition) is 2. The summed E-state index contributed by atoms with van der Waals surface area (Å²) < 4.78 is 28.4. The molecule has 0 radical (unpaired) electrons. The molecule has 4 aromatic rings. The van der Waals surface area contributed by atoms with Crippen molar-refractivity contribution < 1.29 is 13.2 Å². The van der Waals surface area contributed by atoms with E-state index in [1.54, 1.807) is 18.2 Å². The van der Waals surface area contributed by atoms with Gasteiger partial charge in [0.2, 0.25) is 15.9 Å². The van der Waals surface area contributed by atoms with Gasteiger partial charge in [-0.3, -0.25) is 4.79 Å². The van der Waals surface area contributed by atoms with E-state index in [9.17, 15) is 13.2 Å². The predicted octanol–water partition coefficient (Wildman–Crippen LogP) is 4.51. The number of aromatic nitrogens is 2. The van der Waals surface area contributed by atoms with Crippen LogP contribution in [0.3, 0.4) is 0 Å². The van der Waals surface area contributed by atoms with Crippen molar-refractivity contribution in [1.29, 1.82) is 0 Å². The number of benzene rings is 3.